The van der Waals surface area contributed by atoms with Gasteiger partial charge in [0.2, 0.25) is 16.0 Å². The molecule has 0 fully saturated rings. The van der Waals surface area contributed by atoms with Crippen molar-refractivity contribution in [3.05, 3.63) is 40.4 Å². The molecule has 0 aliphatic heterocycles. The van der Waals surface area contributed by atoms with E-state index >= 15 is 0 Å². The third-order valence-corrected chi connectivity index (χ3v) is 4.39. The summed E-state index contributed by atoms with van der Waals surface area (Å²) in [5.41, 5.74) is 2.23. The second kappa shape index (κ2) is 7.10. The van der Waals surface area contributed by atoms with Crippen molar-refractivity contribution < 1.29 is 18.0 Å². The van der Waals surface area contributed by atoms with Gasteiger partial charge < -0.3 is 0 Å². The maximum absolute atomic E-state index is 12.4. The summed E-state index contributed by atoms with van der Waals surface area (Å²) in [7, 11) is 0. The van der Waals surface area contributed by atoms with Crippen molar-refractivity contribution in [3.8, 4) is 0 Å². The Kier molecular flexibility index (Phi) is 5.41. The molecule has 0 unspecified atom stereocenters. The molecule has 1 N–H and O–H groups in total. The van der Waals surface area contributed by atoms with Crippen LogP contribution in [0, 0.1) is 6.92 Å². The first-order valence-corrected chi connectivity index (χ1v) is 8.15. The lowest BCUT2D eigenvalue weighted by Crippen LogP contribution is -2.14. The quantitative estimate of drug-likeness (QED) is 0.895. The van der Waals surface area contributed by atoms with E-state index < -0.39 is 17.1 Å². The fourth-order valence-corrected chi connectivity index (χ4v) is 3.01. The first kappa shape index (κ1) is 16.8. The average Bonchev–Trinajstić information content (AvgIpc) is 2.87. The van der Waals surface area contributed by atoms with Crippen molar-refractivity contribution >= 4 is 34.1 Å². The van der Waals surface area contributed by atoms with Crippen molar-refractivity contribution in [2.75, 3.05) is 11.1 Å². The second-order valence-electron chi connectivity index (χ2n) is 4.44. The number of aromatic nitrogens is 2. The number of thioether (sulfide) groups is 1. The normalized spacial score (nSPS) is 11.5. The van der Waals surface area contributed by atoms with E-state index in [1.807, 2.05) is 31.2 Å². The van der Waals surface area contributed by atoms with E-state index in [2.05, 4.69) is 15.5 Å². The Morgan fingerprint density at radius 1 is 1.36 bits per heavy atom. The van der Waals surface area contributed by atoms with E-state index in [4.69, 9.17) is 0 Å². The Labute approximate surface area is 133 Å². The van der Waals surface area contributed by atoms with Crippen molar-refractivity contribution in [1.29, 1.82) is 0 Å². The molecule has 2 aromatic rings. The molecule has 118 valence electrons. The number of carbonyl (C=O) groups is 1. The maximum Gasteiger partial charge on any atom is 0.445 e. The standard InChI is InChI=1S/C13H12F3N3OS2/c1-8-3-2-4-9(5-8)6-21-7-10(20)17-12-19-18-11(22-12)13(14,15)16/h2-5H,6-7H2,1H3,(H,17,19,20). The summed E-state index contributed by atoms with van der Waals surface area (Å²) in [5, 5.41) is 7.41. The lowest BCUT2D eigenvalue weighted by atomic mass is 10.2. The van der Waals surface area contributed by atoms with Crippen LogP contribution in [0.25, 0.3) is 0 Å². The molecular formula is C13H12F3N3OS2. The molecule has 4 nitrogen and oxygen atoms in total. The van der Waals surface area contributed by atoms with Crippen molar-refractivity contribution in [2.24, 2.45) is 0 Å². The van der Waals surface area contributed by atoms with Gasteiger partial charge in [-0.3, -0.25) is 10.1 Å². The summed E-state index contributed by atoms with van der Waals surface area (Å²) in [6, 6.07) is 7.89. The first-order valence-electron chi connectivity index (χ1n) is 6.18. The van der Waals surface area contributed by atoms with Gasteiger partial charge in [-0.1, -0.05) is 41.2 Å². The fourth-order valence-electron chi connectivity index (χ4n) is 1.61. The molecule has 1 aromatic carbocycles. The van der Waals surface area contributed by atoms with Gasteiger partial charge in [0, 0.05) is 5.75 Å². The van der Waals surface area contributed by atoms with Gasteiger partial charge in [0.25, 0.3) is 0 Å². The Morgan fingerprint density at radius 3 is 2.77 bits per heavy atom. The lowest BCUT2D eigenvalue weighted by molar-refractivity contribution is -0.138. The summed E-state index contributed by atoms with van der Waals surface area (Å²) in [6.45, 7) is 1.98. The highest BCUT2D eigenvalue weighted by molar-refractivity contribution is 7.99. The smallest absolute Gasteiger partial charge is 0.300 e. The Bertz CT molecular complexity index is 658. The molecule has 2 rings (SSSR count). The van der Waals surface area contributed by atoms with Gasteiger partial charge in [-0.05, 0) is 12.5 Å². The number of halogens is 3. The molecule has 0 bridgehead atoms. The molecule has 0 aliphatic rings. The van der Waals surface area contributed by atoms with Crippen LogP contribution in [0.2, 0.25) is 0 Å². The minimum absolute atomic E-state index is 0.134. The van der Waals surface area contributed by atoms with E-state index in [-0.39, 0.29) is 10.9 Å². The van der Waals surface area contributed by atoms with E-state index in [0.717, 1.165) is 11.1 Å². The van der Waals surface area contributed by atoms with E-state index in [1.165, 1.54) is 11.8 Å². The number of rotatable bonds is 5. The summed E-state index contributed by atoms with van der Waals surface area (Å²) < 4.78 is 37.1. The highest BCUT2D eigenvalue weighted by atomic mass is 32.2. The van der Waals surface area contributed by atoms with Crippen molar-refractivity contribution in [2.45, 2.75) is 18.9 Å². The van der Waals surface area contributed by atoms with Crippen LogP contribution in [0.4, 0.5) is 18.3 Å². The Balaban J connectivity index is 1.80. The molecule has 1 amide bonds. The minimum Gasteiger partial charge on any atom is -0.300 e. The van der Waals surface area contributed by atoms with Crippen LogP contribution in [0.3, 0.4) is 0 Å². The van der Waals surface area contributed by atoms with Gasteiger partial charge in [-0.2, -0.15) is 13.2 Å². The number of hydrogen-bond acceptors (Lipinski definition) is 5. The largest absolute Gasteiger partial charge is 0.445 e. The van der Waals surface area contributed by atoms with E-state index in [0.29, 0.717) is 17.1 Å². The number of benzene rings is 1. The third-order valence-electron chi connectivity index (χ3n) is 2.50. The third kappa shape index (κ3) is 4.99. The average molecular weight is 347 g/mol. The van der Waals surface area contributed by atoms with Crippen LogP contribution < -0.4 is 5.32 Å². The molecule has 1 aromatic heterocycles. The van der Waals surface area contributed by atoms with Crippen LogP contribution in [0.15, 0.2) is 24.3 Å². The topological polar surface area (TPSA) is 54.9 Å². The van der Waals surface area contributed by atoms with Gasteiger partial charge in [0.05, 0.1) is 5.75 Å². The van der Waals surface area contributed by atoms with Crippen molar-refractivity contribution in [3.63, 3.8) is 0 Å². The van der Waals surface area contributed by atoms with Crippen molar-refractivity contribution in [1.82, 2.24) is 10.2 Å². The first-order chi connectivity index (χ1) is 10.3. The number of aryl methyl sites for hydroxylation is 1. The van der Waals surface area contributed by atoms with Gasteiger partial charge in [0.15, 0.2) is 0 Å². The zero-order valence-corrected chi connectivity index (χ0v) is 13.1. The SMILES string of the molecule is Cc1cccc(CSCC(=O)Nc2nnc(C(F)(F)F)s2)c1. The predicted octanol–water partition coefficient (Wildman–Crippen LogP) is 3.74. The molecule has 0 saturated carbocycles. The molecule has 0 aliphatic carbocycles. The molecular weight excluding hydrogens is 335 g/mol. The van der Waals surface area contributed by atoms with Gasteiger partial charge in [0.1, 0.15) is 0 Å². The van der Waals surface area contributed by atoms with Gasteiger partial charge >= 0.3 is 6.18 Å². The minimum atomic E-state index is -4.54. The summed E-state index contributed by atoms with van der Waals surface area (Å²) >= 11 is 1.69. The van der Waals surface area contributed by atoms with Gasteiger partial charge in [-0.25, -0.2) is 0 Å². The molecule has 9 heteroatoms. The molecule has 0 spiro atoms. The van der Waals surface area contributed by atoms with E-state index in [1.54, 1.807) is 0 Å². The number of anilines is 1. The van der Waals surface area contributed by atoms with E-state index in [9.17, 15) is 18.0 Å². The summed E-state index contributed by atoms with van der Waals surface area (Å²) in [5.74, 6) is 0.385. The van der Waals surface area contributed by atoms with Crippen LogP contribution >= 0.6 is 23.1 Å². The molecule has 22 heavy (non-hydrogen) atoms. The number of carbonyl (C=O) groups excluding carboxylic acids is 1. The maximum atomic E-state index is 12.4. The zero-order valence-electron chi connectivity index (χ0n) is 11.5. The number of hydrogen-bond donors (Lipinski definition) is 1. The molecule has 0 atom stereocenters. The molecule has 0 saturated heterocycles. The van der Waals surface area contributed by atoms with Crippen LogP contribution in [-0.2, 0) is 16.7 Å². The van der Waals surface area contributed by atoms with Crippen LogP contribution in [0.5, 0.6) is 0 Å². The fraction of sp³-hybridized carbons (Fsp3) is 0.308. The summed E-state index contributed by atoms with van der Waals surface area (Å²) in [6.07, 6.45) is -4.54. The Morgan fingerprint density at radius 2 is 2.14 bits per heavy atom. The lowest BCUT2D eigenvalue weighted by Gasteiger charge is -2.03. The monoisotopic (exact) mass is 347 g/mol. The molecule has 0 radical (unpaired) electrons. The second-order valence-corrected chi connectivity index (χ2v) is 6.40. The number of alkyl halides is 3. The van der Waals surface area contributed by atoms with Gasteiger partial charge in [-0.15, -0.1) is 22.0 Å². The summed E-state index contributed by atoms with van der Waals surface area (Å²) in [4.78, 5) is 11.7. The zero-order chi connectivity index (χ0) is 16.2. The number of nitrogens with zero attached hydrogens (tertiary/aromatic N) is 2. The Hall–Kier alpha value is -1.61. The van der Waals surface area contributed by atoms with Crippen LogP contribution in [-0.4, -0.2) is 21.9 Å². The van der Waals surface area contributed by atoms with Crippen LogP contribution in [0.1, 0.15) is 16.1 Å². The highest BCUT2D eigenvalue weighted by Gasteiger charge is 2.35. The number of nitrogens with one attached hydrogen (secondary N) is 1. The predicted molar refractivity (Wildman–Crippen MR) is 80.9 cm³/mol. The highest BCUT2D eigenvalue weighted by Crippen LogP contribution is 2.33. The number of amides is 1. The molecule has 1 heterocycles.